The summed E-state index contributed by atoms with van der Waals surface area (Å²) < 4.78 is 5.43. The van der Waals surface area contributed by atoms with Crippen LogP contribution in [0.15, 0.2) is 42.6 Å². The van der Waals surface area contributed by atoms with Gasteiger partial charge in [0.15, 0.2) is 5.78 Å². The third-order valence-corrected chi connectivity index (χ3v) is 5.96. The zero-order valence-electron chi connectivity index (χ0n) is 17.7. The molecule has 0 spiro atoms. The fourth-order valence-electron chi connectivity index (χ4n) is 4.01. The first-order valence-corrected chi connectivity index (χ1v) is 10.5. The molecule has 4 heterocycles. The Bertz CT molecular complexity index is 1230. The standard InChI is InChI=1S/C24H25N5O2/c1-15-16(2)27-28-23(15)22(30)12-17-11-19-13-21(26-24(19)25-14-17)18-3-5-20(6-4-18)29-7-9-31-10-8-29/h3-6,11,13-14H,7-10,12H2,1-2H3,(H,25,26)(H,27,28). The summed E-state index contributed by atoms with van der Waals surface area (Å²) in [4.78, 5) is 22.9. The fourth-order valence-corrected chi connectivity index (χ4v) is 4.01. The number of nitrogens with zero attached hydrogens (tertiary/aromatic N) is 3. The van der Waals surface area contributed by atoms with E-state index in [1.165, 1.54) is 5.69 Å². The van der Waals surface area contributed by atoms with Gasteiger partial charge < -0.3 is 14.6 Å². The number of aromatic nitrogens is 4. The van der Waals surface area contributed by atoms with Gasteiger partial charge in [0, 0.05) is 53.7 Å². The number of carbonyl (C=O) groups is 1. The summed E-state index contributed by atoms with van der Waals surface area (Å²) >= 11 is 0. The van der Waals surface area contributed by atoms with E-state index in [0.29, 0.717) is 5.69 Å². The zero-order chi connectivity index (χ0) is 21.4. The van der Waals surface area contributed by atoms with Crippen molar-refractivity contribution in [1.82, 2.24) is 20.2 Å². The van der Waals surface area contributed by atoms with E-state index in [9.17, 15) is 4.79 Å². The van der Waals surface area contributed by atoms with Gasteiger partial charge in [0.1, 0.15) is 11.3 Å². The van der Waals surface area contributed by atoms with Crippen molar-refractivity contribution in [2.75, 3.05) is 31.2 Å². The van der Waals surface area contributed by atoms with Crippen LogP contribution in [-0.4, -0.2) is 52.3 Å². The highest BCUT2D eigenvalue weighted by molar-refractivity contribution is 5.97. The summed E-state index contributed by atoms with van der Waals surface area (Å²) in [5.74, 6) is -0.00235. The summed E-state index contributed by atoms with van der Waals surface area (Å²) in [5.41, 5.74) is 7.36. The molecular weight excluding hydrogens is 390 g/mol. The Balaban J connectivity index is 1.35. The summed E-state index contributed by atoms with van der Waals surface area (Å²) in [6.45, 7) is 7.24. The second-order valence-corrected chi connectivity index (χ2v) is 8.03. The quantitative estimate of drug-likeness (QED) is 0.484. The van der Waals surface area contributed by atoms with Crippen LogP contribution in [0.25, 0.3) is 22.3 Å². The van der Waals surface area contributed by atoms with Gasteiger partial charge in [-0.3, -0.25) is 9.89 Å². The van der Waals surface area contributed by atoms with Gasteiger partial charge in [-0.05, 0) is 49.2 Å². The summed E-state index contributed by atoms with van der Waals surface area (Å²) in [6.07, 6.45) is 2.04. The van der Waals surface area contributed by atoms with Crippen LogP contribution in [0.1, 0.15) is 27.3 Å². The molecule has 1 saturated heterocycles. The number of ether oxygens (including phenoxy) is 1. The van der Waals surface area contributed by atoms with Crippen LogP contribution in [0, 0.1) is 13.8 Å². The molecular formula is C24H25N5O2. The SMILES string of the molecule is Cc1[nH]nc(C(=O)Cc2cnc3[nH]c(-c4ccc(N5CCOCC5)cc4)cc3c2)c1C. The molecule has 0 bridgehead atoms. The third-order valence-electron chi connectivity index (χ3n) is 5.96. The van der Waals surface area contributed by atoms with Gasteiger partial charge in [0.25, 0.3) is 0 Å². The highest BCUT2D eigenvalue weighted by Crippen LogP contribution is 2.26. The molecule has 0 atom stereocenters. The molecule has 1 aliphatic rings. The molecule has 2 N–H and O–H groups in total. The molecule has 31 heavy (non-hydrogen) atoms. The molecule has 1 aliphatic heterocycles. The smallest absolute Gasteiger partial charge is 0.187 e. The van der Waals surface area contributed by atoms with Gasteiger partial charge in [0.05, 0.1) is 13.2 Å². The number of rotatable bonds is 5. The second kappa shape index (κ2) is 8.00. The number of aromatic amines is 2. The molecule has 0 unspecified atom stereocenters. The third kappa shape index (κ3) is 3.84. The number of benzene rings is 1. The van der Waals surface area contributed by atoms with Gasteiger partial charge in [-0.15, -0.1) is 0 Å². The van der Waals surface area contributed by atoms with E-state index in [0.717, 1.165) is 65.4 Å². The highest BCUT2D eigenvalue weighted by Gasteiger charge is 2.16. The lowest BCUT2D eigenvalue weighted by atomic mass is 10.0. The first-order chi connectivity index (χ1) is 15.1. The topological polar surface area (TPSA) is 86.9 Å². The molecule has 1 fully saturated rings. The van der Waals surface area contributed by atoms with Crippen LogP contribution in [-0.2, 0) is 11.2 Å². The Kier molecular flexibility index (Phi) is 5.03. The second-order valence-electron chi connectivity index (χ2n) is 8.03. The summed E-state index contributed by atoms with van der Waals surface area (Å²) in [7, 11) is 0. The number of ketones is 1. The van der Waals surface area contributed by atoms with E-state index >= 15 is 0 Å². The lowest BCUT2D eigenvalue weighted by molar-refractivity contribution is 0.0987. The lowest BCUT2D eigenvalue weighted by Crippen LogP contribution is -2.36. The van der Waals surface area contributed by atoms with Crippen LogP contribution in [0.5, 0.6) is 0 Å². The monoisotopic (exact) mass is 415 g/mol. The summed E-state index contributed by atoms with van der Waals surface area (Å²) in [5, 5.41) is 8.02. The Hall–Kier alpha value is -3.45. The molecule has 5 rings (SSSR count). The van der Waals surface area contributed by atoms with E-state index < -0.39 is 0 Å². The van der Waals surface area contributed by atoms with E-state index in [4.69, 9.17) is 4.74 Å². The minimum Gasteiger partial charge on any atom is -0.378 e. The molecule has 7 heteroatoms. The minimum atomic E-state index is -0.00235. The maximum atomic E-state index is 12.6. The number of pyridine rings is 1. The fraction of sp³-hybridized carbons (Fsp3) is 0.292. The van der Waals surface area contributed by atoms with Gasteiger partial charge >= 0.3 is 0 Å². The number of hydrogen-bond donors (Lipinski definition) is 2. The molecule has 0 radical (unpaired) electrons. The molecule has 0 aliphatic carbocycles. The largest absolute Gasteiger partial charge is 0.378 e. The first-order valence-electron chi connectivity index (χ1n) is 10.5. The molecule has 1 aromatic carbocycles. The molecule has 0 amide bonds. The van der Waals surface area contributed by atoms with E-state index in [1.807, 2.05) is 19.9 Å². The number of H-pyrrole nitrogens is 2. The van der Waals surface area contributed by atoms with Crippen LogP contribution in [0.2, 0.25) is 0 Å². The average molecular weight is 415 g/mol. The van der Waals surface area contributed by atoms with E-state index in [-0.39, 0.29) is 12.2 Å². The maximum absolute atomic E-state index is 12.6. The van der Waals surface area contributed by atoms with Crippen molar-refractivity contribution in [3.05, 3.63) is 65.1 Å². The van der Waals surface area contributed by atoms with E-state index in [1.54, 1.807) is 6.20 Å². The maximum Gasteiger partial charge on any atom is 0.187 e. The van der Waals surface area contributed by atoms with Crippen molar-refractivity contribution in [2.45, 2.75) is 20.3 Å². The summed E-state index contributed by atoms with van der Waals surface area (Å²) in [6, 6.07) is 12.7. The Morgan fingerprint density at radius 3 is 2.61 bits per heavy atom. The van der Waals surface area contributed by atoms with Crippen LogP contribution in [0.3, 0.4) is 0 Å². The highest BCUT2D eigenvalue weighted by atomic mass is 16.5. The van der Waals surface area contributed by atoms with Crippen molar-refractivity contribution in [3.63, 3.8) is 0 Å². The predicted molar refractivity (Wildman–Crippen MR) is 121 cm³/mol. The van der Waals surface area contributed by atoms with E-state index in [2.05, 4.69) is 55.4 Å². The van der Waals surface area contributed by atoms with Crippen LogP contribution < -0.4 is 4.90 Å². The number of morpholine rings is 1. The van der Waals surface area contributed by atoms with Gasteiger partial charge in [-0.1, -0.05) is 12.1 Å². The van der Waals surface area contributed by atoms with Gasteiger partial charge in [-0.25, -0.2) is 4.98 Å². The van der Waals surface area contributed by atoms with Gasteiger partial charge in [0.2, 0.25) is 0 Å². The number of fused-ring (bicyclic) bond motifs is 1. The Morgan fingerprint density at radius 1 is 1.13 bits per heavy atom. The number of nitrogens with one attached hydrogen (secondary N) is 2. The number of anilines is 1. The minimum absolute atomic E-state index is 0.00235. The predicted octanol–water partition coefficient (Wildman–Crippen LogP) is 3.83. The molecule has 0 saturated carbocycles. The molecule has 3 aromatic heterocycles. The van der Waals surface area contributed by atoms with Crippen molar-refractivity contribution in [1.29, 1.82) is 0 Å². The molecule has 158 valence electrons. The number of carbonyl (C=O) groups excluding carboxylic acids is 1. The first kappa shape index (κ1) is 19.5. The number of hydrogen-bond acceptors (Lipinski definition) is 5. The molecule has 7 nitrogen and oxygen atoms in total. The number of aryl methyl sites for hydroxylation is 1. The van der Waals surface area contributed by atoms with Gasteiger partial charge in [-0.2, -0.15) is 5.10 Å². The van der Waals surface area contributed by atoms with Crippen molar-refractivity contribution in [3.8, 4) is 11.3 Å². The van der Waals surface area contributed by atoms with Crippen molar-refractivity contribution >= 4 is 22.5 Å². The zero-order valence-corrected chi connectivity index (χ0v) is 17.7. The number of Topliss-reactive ketones (excluding diaryl/α,β-unsaturated/α-hetero) is 1. The normalized spacial score (nSPS) is 14.3. The van der Waals surface area contributed by atoms with Crippen LogP contribution in [0.4, 0.5) is 5.69 Å². The molecule has 4 aromatic rings. The van der Waals surface area contributed by atoms with Crippen LogP contribution >= 0.6 is 0 Å². The van der Waals surface area contributed by atoms with Crippen molar-refractivity contribution < 1.29 is 9.53 Å². The Labute approximate surface area is 180 Å². The average Bonchev–Trinajstić information content (AvgIpc) is 3.37. The lowest BCUT2D eigenvalue weighted by Gasteiger charge is -2.28. The van der Waals surface area contributed by atoms with Crippen molar-refractivity contribution in [2.24, 2.45) is 0 Å². The Morgan fingerprint density at radius 2 is 1.90 bits per heavy atom.